The number of aliphatic hydroxyl groups excluding tert-OH is 1. The van der Waals surface area contributed by atoms with Crippen LogP contribution in [-0.4, -0.2) is 35.6 Å². The maximum atomic E-state index is 12.1. The lowest BCUT2D eigenvalue weighted by atomic mass is 10.1. The van der Waals surface area contributed by atoms with Gasteiger partial charge in [-0.2, -0.15) is 0 Å². The molecule has 1 unspecified atom stereocenters. The number of rotatable bonds is 7. The minimum atomic E-state index is -0.189. The van der Waals surface area contributed by atoms with Gasteiger partial charge in [0.15, 0.2) is 0 Å². The van der Waals surface area contributed by atoms with E-state index in [0.29, 0.717) is 17.5 Å². The maximum absolute atomic E-state index is 12.1. The first-order valence-electron chi connectivity index (χ1n) is 7.30. The summed E-state index contributed by atoms with van der Waals surface area (Å²) in [5.74, 6) is -0.338. The zero-order valence-electron chi connectivity index (χ0n) is 12.8. The maximum Gasteiger partial charge on any atom is 0.251 e. The van der Waals surface area contributed by atoms with Crippen molar-refractivity contribution in [1.82, 2.24) is 10.6 Å². The third kappa shape index (κ3) is 5.55. The van der Waals surface area contributed by atoms with Gasteiger partial charge in [-0.25, -0.2) is 0 Å². The molecule has 0 radical (unpaired) electrons. The van der Waals surface area contributed by atoms with E-state index in [1.54, 1.807) is 24.3 Å². The Hall–Kier alpha value is -1.88. The molecule has 0 bridgehead atoms. The molecule has 0 aliphatic rings. The summed E-state index contributed by atoms with van der Waals surface area (Å²) in [4.78, 5) is 23.9. The number of aliphatic hydroxyl groups is 1. The normalized spacial score (nSPS) is 12.0. The van der Waals surface area contributed by atoms with Crippen LogP contribution in [0.4, 0.5) is 0 Å². The van der Waals surface area contributed by atoms with Crippen molar-refractivity contribution >= 4 is 11.8 Å². The molecule has 1 aromatic rings. The molecule has 3 N–H and O–H groups in total. The quantitative estimate of drug-likeness (QED) is 0.716. The minimum absolute atomic E-state index is 0.0357. The van der Waals surface area contributed by atoms with Crippen molar-refractivity contribution < 1.29 is 14.7 Å². The number of carbonyl (C=O) groups excluding carboxylic acids is 2. The van der Waals surface area contributed by atoms with Gasteiger partial charge in [-0.1, -0.05) is 6.92 Å². The fraction of sp³-hybridized carbons (Fsp3) is 0.500. The van der Waals surface area contributed by atoms with E-state index in [0.717, 1.165) is 6.42 Å². The van der Waals surface area contributed by atoms with Crippen LogP contribution in [0.15, 0.2) is 24.3 Å². The zero-order chi connectivity index (χ0) is 15.8. The van der Waals surface area contributed by atoms with Gasteiger partial charge in [-0.3, -0.25) is 9.59 Å². The SMILES string of the molecule is CCC(CCO)NC(=O)c1ccc(C(=O)NC(C)C)cc1. The second kappa shape index (κ2) is 8.42. The van der Waals surface area contributed by atoms with Crippen LogP contribution in [0.5, 0.6) is 0 Å². The average molecular weight is 292 g/mol. The van der Waals surface area contributed by atoms with E-state index in [1.807, 2.05) is 20.8 Å². The Morgan fingerprint density at radius 2 is 1.52 bits per heavy atom. The highest BCUT2D eigenvalue weighted by molar-refractivity contribution is 5.97. The van der Waals surface area contributed by atoms with Gasteiger partial charge < -0.3 is 15.7 Å². The molecule has 0 fully saturated rings. The second-order valence-electron chi connectivity index (χ2n) is 5.30. The molecule has 0 spiro atoms. The monoisotopic (exact) mass is 292 g/mol. The Morgan fingerprint density at radius 3 is 1.90 bits per heavy atom. The number of hydrogen-bond donors (Lipinski definition) is 3. The van der Waals surface area contributed by atoms with Crippen molar-refractivity contribution in [1.29, 1.82) is 0 Å². The van der Waals surface area contributed by atoms with E-state index < -0.39 is 0 Å². The van der Waals surface area contributed by atoms with Crippen LogP contribution in [-0.2, 0) is 0 Å². The summed E-state index contributed by atoms with van der Waals surface area (Å²) >= 11 is 0. The summed E-state index contributed by atoms with van der Waals surface area (Å²) in [6.07, 6.45) is 1.30. The fourth-order valence-corrected chi connectivity index (χ4v) is 1.92. The number of benzene rings is 1. The van der Waals surface area contributed by atoms with Crippen molar-refractivity contribution in [2.24, 2.45) is 0 Å². The van der Waals surface area contributed by atoms with E-state index >= 15 is 0 Å². The van der Waals surface area contributed by atoms with E-state index in [4.69, 9.17) is 5.11 Å². The molecule has 0 saturated carbocycles. The van der Waals surface area contributed by atoms with Gasteiger partial charge in [0.1, 0.15) is 0 Å². The second-order valence-corrected chi connectivity index (χ2v) is 5.30. The summed E-state index contributed by atoms with van der Waals surface area (Å²) in [6, 6.07) is 6.59. The van der Waals surface area contributed by atoms with Gasteiger partial charge in [0.25, 0.3) is 11.8 Å². The molecule has 0 heterocycles. The molecular weight excluding hydrogens is 268 g/mol. The molecule has 21 heavy (non-hydrogen) atoms. The van der Waals surface area contributed by atoms with Crippen molar-refractivity contribution in [3.63, 3.8) is 0 Å². The Morgan fingerprint density at radius 1 is 1.05 bits per heavy atom. The van der Waals surface area contributed by atoms with E-state index in [2.05, 4.69) is 10.6 Å². The van der Waals surface area contributed by atoms with Gasteiger partial charge in [0.05, 0.1) is 0 Å². The smallest absolute Gasteiger partial charge is 0.251 e. The van der Waals surface area contributed by atoms with E-state index in [9.17, 15) is 9.59 Å². The summed E-state index contributed by atoms with van der Waals surface area (Å²) in [7, 11) is 0. The predicted octanol–water partition coefficient (Wildman–Crippen LogP) is 1.72. The molecule has 0 aromatic heterocycles. The summed E-state index contributed by atoms with van der Waals surface area (Å²) < 4.78 is 0. The van der Waals surface area contributed by atoms with E-state index in [-0.39, 0.29) is 30.5 Å². The van der Waals surface area contributed by atoms with Crippen molar-refractivity contribution in [3.05, 3.63) is 35.4 Å². The molecule has 1 rings (SSSR count). The third-order valence-corrected chi connectivity index (χ3v) is 3.13. The Balaban J connectivity index is 2.68. The summed E-state index contributed by atoms with van der Waals surface area (Å²) in [6.45, 7) is 5.80. The number of carbonyl (C=O) groups is 2. The highest BCUT2D eigenvalue weighted by atomic mass is 16.3. The van der Waals surface area contributed by atoms with Crippen molar-refractivity contribution in [3.8, 4) is 0 Å². The minimum Gasteiger partial charge on any atom is -0.396 e. The first-order valence-corrected chi connectivity index (χ1v) is 7.30. The average Bonchev–Trinajstić information content (AvgIpc) is 2.46. The molecule has 0 aliphatic carbocycles. The highest BCUT2D eigenvalue weighted by Gasteiger charge is 2.13. The molecular formula is C16H24N2O3. The Kier molecular flexibility index (Phi) is 6.88. The summed E-state index contributed by atoms with van der Waals surface area (Å²) in [5.41, 5.74) is 1.04. The lowest BCUT2D eigenvalue weighted by Gasteiger charge is -2.15. The number of nitrogens with one attached hydrogen (secondary N) is 2. The molecule has 5 heteroatoms. The predicted molar refractivity (Wildman–Crippen MR) is 82.3 cm³/mol. The van der Waals surface area contributed by atoms with Gasteiger partial charge in [-0.05, 0) is 51.0 Å². The fourth-order valence-electron chi connectivity index (χ4n) is 1.92. The number of amides is 2. The van der Waals surface area contributed by atoms with Crippen molar-refractivity contribution in [2.45, 2.75) is 45.7 Å². The molecule has 1 atom stereocenters. The Labute approximate surface area is 125 Å². The first-order chi connectivity index (χ1) is 9.97. The van der Waals surface area contributed by atoms with E-state index in [1.165, 1.54) is 0 Å². The van der Waals surface area contributed by atoms with Gasteiger partial charge in [-0.15, -0.1) is 0 Å². The van der Waals surface area contributed by atoms with Crippen LogP contribution >= 0.6 is 0 Å². The molecule has 116 valence electrons. The lowest BCUT2D eigenvalue weighted by molar-refractivity contribution is 0.0921. The topological polar surface area (TPSA) is 78.4 Å². The zero-order valence-corrected chi connectivity index (χ0v) is 12.8. The molecule has 2 amide bonds. The molecule has 0 saturated heterocycles. The standard InChI is InChI=1S/C16H24N2O3/c1-4-14(9-10-19)18-16(21)13-7-5-12(6-8-13)15(20)17-11(2)3/h5-8,11,14,19H,4,9-10H2,1-3H3,(H,17,20)(H,18,21). The highest BCUT2D eigenvalue weighted by Crippen LogP contribution is 2.06. The third-order valence-electron chi connectivity index (χ3n) is 3.13. The van der Waals surface area contributed by atoms with Crippen molar-refractivity contribution in [2.75, 3.05) is 6.61 Å². The van der Waals surface area contributed by atoms with Gasteiger partial charge >= 0.3 is 0 Å². The summed E-state index contributed by atoms with van der Waals surface area (Å²) in [5, 5.41) is 14.6. The van der Waals surface area contributed by atoms with Gasteiger partial charge in [0.2, 0.25) is 0 Å². The van der Waals surface area contributed by atoms with Crippen LogP contribution in [0.2, 0.25) is 0 Å². The molecule has 1 aromatic carbocycles. The van der Waals surface area contributed by atoms with Crippen LogP contribution in [0.1, 0.15) is 54.3 Å². The van der Waals surface area contributed by atoms with Crippen LogP contribution in [0.3, 0.4) is 0 Å². The van der Waals surface area contributed by atoms with Crippen LogP contribution < -0.4 is 10.6 Å². The number of hydrogen-bond acceptors (Lipinski definition) is 3. The molecule has 5 nitrogen and oxygen atoms in total. The van der Waals surface area contributed by atoms with Gasteiger partial charge in [0, 0.05) is 29.8 Å². The lowest BCUT2D eigenvalue weighted by Crippen LogP contribution is -2.35. The van der Waals surface area contributed by atoms with Crippen LogP contribution in [0, 0.1) is 0 Å². The largest absolute Gasteiger partial charge is 0.396 e. The first kappa shape index (κ1) is 17.2. The molecule has 0 aliphatic heterocycles. The van der Waals surface area contributed by atoms with Crippen LogP contribution in [0.25, 0.3) is 0 Å². The Bertz CT molecular complexity index is 469.